The van der Waals surface area contributed by atoms with E-state index in [1.807, 2.05) is 13.0 Å². The van der Waals surface area contributed by atoms with Crippen LogP contribution in [0.2, 0.25) is 0 Å². The number of nitrogens with two attached hydrogens (primary N) is 1. The molecule has 1 aliphatic carbocycles. The minimum Gasteiger partial charge on any atom is -0.366 e. The first-order valence-electron chi connectivity index (χ1n) is 6.92. The van der Waals surface area contributed by atoms with Crippen molar-refractivity contribution in [1.29, 1.82) is 0 Å². The Morgan fingerprint density at radius 1 is 1.48 bits per heavy atom. The predicted octanol–water partition coefficient (Wildman–Crippen LogP) is 2.31. The number of allylic oxidation sites excluding steroid dienone is 2. The van der Waals surface area contributed by atoms with Crippen molar-refractivity contribution in [3.05, 3.63) is 33.7 Å². The maximum Gasteiger partial charge on any atom is 0.241 e. The molecule has 2 aliphatic rings. The summed E-state index contributed by atoms with van der Waals surface area (Å²) in [6, 6.07) is 4.02. The summed E-state index contributed by atoms with van der Waals surface area (Å²) in [5.41, 5.74) is 7.45. The smallest absolute Gasteiger partial charge is 0.241 e. The van der Waals surface area contributed by atoms with Crippen LogP contribution < -0.4 is 11.1 Å². The second-order valence-electron chi connectivity index (χ2n) is 5.48. The number of hydrogen-bond donors (Lipinski definition) is 2. The van der Waals surface area contributed by atoms with Gasteiger partial charge in [-0.1, -0.05) is 6.07 Å². The molecule has 0 unspecified atom stereocenters. The van der Waals surface area contributed by atoms with Crippen LogP contribution >= 0.6 is 11.3 Å². The molecule has 0 amide bonds. The Morgan fingerprint density at radius 2 is 2.33 bits per heavy atom. The van der Waals surface area contributed by atoms with Crippen molar-refractivity contribution in [2.45, 2.75) is 31.7 Å². The molecule has 6 nitrogen and oxygen atoms in total. The second kappa shape index (κ2) is 4.42. The van der Waals surface area contributed by atoms with E-state index >= 15 is 0 Å². The lowest BCUT2D eigenvalue weighted by molar-refractivity contribution is -0.116. The Hall–Kier alpha value is -2.15. The van der Waals surface area contributed by atoms with Crippen molar-refractivity contribution in [2.75, 3.05) is 11.1 Å². The molecule has 1 aliphatic heterocycles. The number of nitrogen functional groups attached to an aromatic ring is 1. The van der Waals surface area contributed by atoms with Gasteiger partial charge in [-0.25, -0.2) is 4.68 Å². The van der Waals surface area contributed by atoms with Gasteiger partial charge in [-0.2, -0.15) is 4.98 Å². The first kappa shape index (κ1) is 12.6. The van der Waals surface area contributed by atoms with Crippen molar-refractivity contribution in [1.82, 2.24) is 14.8 Å². The van der Waals surface area contributed by atoms with E-state index in [1.54, 1.807) is 16.0 Å². The molecule has 0 saturated heterocycles. The van der Waals surface area contributed by atoms with Gasteiger partial charge in [-0.3, -0.25) is 4.79 Å². The molecule has 3 N–H and O–H groups in total. The standard InChI is InChI=1S/C14H15N5OS/c1-7-12-9(16-14-17-13(15)18-19(7)14)5-8(6-10(12)20)11-3-2-4-21-11/h2-4,7-8H,5-6H2,1H3,(H3,15,16,17,18)/t7-,8-/m1/s1. The third-order valence-corrected chi connectivity index (χ3v) is 5.18. The van der Waals surface area contributed by atoms with Crippen LogP contribution in [0.5, 0.6) is 0 Å². The molecule has 3 heterocycles. The molecule has 21 heavy (non-hydrogen) atoms. The van der Waals surface area contributed by atoms with Gasteiger partial charge < -0.3 is 11.1 Å². The van der Waals surface area contributed by atoms with Crippen molar-refractivity contribution in [2.24, 2.45) is 0 Å². The predicted molar refractivity (Wildman–Crippen MR) is 81.1 cm³/mol. The molecule has 0 fully saturated rings. The van der Waals surface area contributed by atoms with E-state index in [0.29, 0.717) is 12.4 Å². The maximum atomic E-state index is 12.6. The van der Waals surface area contributed by atoms with E-state index in [4.69, 9.17) is 5.73 Å². The minimum absolute atomic E-state index is 0.113. The van der Waals surface area contributed by atoms with Gasteiger partial charge in [0.05, 0.1) is 6.04 Å². The molecular weight excluding hydrogens is 286 g/mol. The third-order valence-electron chi connectivity index (χ3n) is 4.15. The lowest BCUT2D eigenvalue weighted by Gasteiger charge is -2.32. The SMILES string of the molecule is C[C@@H]1C2=C(C[C@@H](c3cccs3)CC2=O)Nc2nc(N)nn21. The molecule has 0 bridgehead atoms. The summed E-state index contributed by atoms with van der Waals surface area (Å²) < 4.78 is 1.69. The molecule has 108 valence electrons. The lowest BCUT2D eigenvalue weighted by atomic mass is 9.82. The molecule has 4 rings (SSSR count). The number of anilines is 2. The number of fused-ring (bicyclic) bond motifs is 1. The van der Waals surface area contributed by atoms with Gasteiger partial charge in [0.25, 0.3) is 0 Å². The van der Waals surface area contributed by atoms with E-state index in [0.717, 1.165) is 17.7 Å². The largest absolute Gasteiger partial charge is 0.366 e. The summed E-state index contributed by atoms with van der Waals surface area (Å²) in [6.45, 7) is 1.97. The van der Waals surface area contributed by atoms with Crippen LogP contribution in [0, 0.1) is 0 Å². The topological polar surface area (TPSA) is 85.8 Å². The number of carbonyl (C=O) groups excluding carboxylic acids is 1. The summed E-state index contributed by atoms with van der Waals surface area (Å²) >= 11 is 1.71. The summed E-state index contributed by atoms with van der Waals surface area (Å²) in [5.74, 6) is 1.29. The highest BCUT2D eigenvalue weighted by Crippen LogP contribution is 2.42. The summed E-state index contributed by atoms with van der Waals surface area (Å²) in [4.78, 5) is 18.0. The third kappa shape index (κ3) is 1.88. The first-order chi connectivity index (χ1) is 10.1. The fraction of sp³-hybridized carbons (Fsp3) is 0.357. The summed E-state index contributed by atoms with van der Waals surface area (Å²) in [6.07, 6.45) is 1.39. The molecular formula is C14H15N5OS. The number of thiophene rings is 1. The number of nitrogens with one attached hydrogen (secondary N) is 1. The number of hydrogen-bond acceptors (Lipinski definition) is 6. The zero-order chi connectivity index (χ0) is 14.6. The van der Waals surface area contributed by atoms with Crippen molar-refractivity contribution >= 4 is 29.0 Å². The van der Waals surface area contributed by atoms with Crippen LogP contribution in [0.4, 0.5) is 11.9 Å². The van der Waals surface area contributed by atoms with Crippen molar-refractivity contribution in [3.63, 3.8) is 0 Å². The van der Waals surface area contributed by atoms with Gasteiger partial charge in [0, 0.05) is 28.5 Å². The minimum atomic E-state index is -0.113. The van der Waals surface area contributed by atoms with Crippen LogP contribution in [0.3, 0.4) is 0 Å². The van der Waals surface area contributed by atoms with E-state index in [-0.39, 0.29) is 23.7 Å². The normalized spacial score (nSPS) is 24.5. The number of carbonyl (C=O) groups is 1. The van der Waals surface area contributed by atoms with Gasteiger partial charge in [0.2, 0.25) is 11.9 Å². The zero-order valence-corrected chi connectivity index (χ0v) is 12.4. The van der Waals surface area contributed by atoms with Crippen molar-refractivity contribution < 1.29 is 4.79 Å². The zero-order valence-electron chi connectivity index (χ0n) is 11.5. The highest BCUT2D eigenvalue weighted by Gasteiger charge is 2.37. The van der Waals surface area contributed by atoms with Gasteiger partial charge >= 0.3 is 0 Å². The molecule has 2 aromatic rings. The highest BCUT2D eigenvalue weighted by atomic mass is 32.1. The van der Waals surface area contributed by atoms with Crippen LogP contribution in [0.1, 0.15) is 36.6 Å². The lowest BCUT2D eigenvalue weighted by Crippen LogP contribution is -2.31. The molecule has 0 radical (unpaired) electrons. The Labute approximate surface area is 125 Å². The van der Waals surface area contributed by atoms with Gasteiger partial charge in [0.15, 0.2) is 5.78 Å². The van der Waals surface area contributed by atoms with Crippen LogP contribution in [-0.4, -0.2) is 20.5 Å². The van der Waals surface area contributed by atoms with E-state index in [9.17, 15) is 4.79 Å². The maximum absolute atomic E-state index is 12.6. The highest BCUT2D eigenvalue weighted by molar-refractivity contribution is 7.10. The molecule has 7 heteroatoms. The van der Waals surface area contributed by atoms with E-state index in [2.05, 4.69) is 26.8 Å². The average Bonchev–Trinajstić information content (AvgIpc) is 3.06. The Bertz CT molecular complexity index is 746. The number of nitrogens with zero attached hydrogens (tertiary/aromatic N) is 3. The quantitative estimate of drug-likeness (QED) is 0.844. The van der Waals surface area contributed by atoms with E-state index < -0.39 is 0 Å². The number of Topliss-reactive ketones (excluding diaryl/α,β-unsaturated/α-hetero) is 1. The Balaban J connectivity index is 1.73. The number of rotatable bonds is 1. The summed E-state index contributed by atoms with van der Waals surface area (Å²) in [7, 11) is 0. The van der Waals surface area contributed by atoms with Gasteiger partial charge in [-0.15, -0.1) is 16.4 Å². The average molecular weight is 301 g/mol. The van der Waals surface area contributed by atoms with E-state index in [1.165, 1.54) is 4.88 Å². The molecule has 0 spiro atoms. The number of aromatic nitrogens is 3. The molecule has 0 saturated carbocycles. The first-order valence-corrected chi connectivity index (χ1v) is 7.80. The van der Waals surface area contributed by atoms with Gasteiger partial charge in [-0.05, 0) is 24.8 Å². The molecule has 0 aromatic carbocycles. The molecule has 2 aromatic heterocycles. The van der Waals surface area contributed by atoms with Crippen LogP contribution in [-0.2, 0) is 4.79 Å². The molecule has 2 atom stereocenters. The monoisotopic (exact) mass is 301 g/mol. The van der Waals surface area contributed by atoms with Gasteiger partial charge in [0.1, 0.15) is 0 Å². The van der Waals surface area contributed by atoms with Crippen LogP contribution in [0.15, 0.2) is 28.8 Å². The van der Waals surface area contributed by atoms with Crippen molar-refractivity contribution in [3.8, 4) is 0 Å². The second-order valence-corrected chi connectivity index (χ2v) is 6.45. The Kier molecular flexibility index (Phi) is 2.65. The fourth-order valence-electron chi connectivity index (χ4n) is 3.21. The fourth-order valence-corrected chi connectivity index (χ4v) is 4.04. The number of ketones is 1. The Morgan fingerprint density at radius 3 is 3.10 bits per heavy atom. The van der Waals surface area contributed by atoms with Crippen LogP contribution in [0.25, 0.3) is 0 Å². The summed E-state index contributed by atoms with van der Waals surface area (Å²) in [5, 5.41) is 9.46.